The number of benzene rings is 1. The Morgan fingerprint density at radius 3 is 2.89 bits per heavy atom. The monoisotopic (exact) mass is 359 g/mol. The minimum absolute atomic E-state index is 0.305. The quantitative estimate of drug-likeness (QED) is 0.515. The molecule has 0 unspecified atom stereocenters. The number of allylic oxidation sites excluding steroid dienone is 2. The number of nitrogens with one attached hydrogen (secondary N) is 2. The van der Waals surface area contributed by atoms with Crippen LogP contribution in [0, 0.1) is 0 Å². The van der Waals surface area contributed by atoms with Gasteiger partial charge in [0.15, 0.2) is 5.88 Å². The van der Waals surface area contributed by atoms with Crippen LogP contribution in [-0.2, 0) is 6.67 Å². The third-order valence-corrected chi connectivity index (χ3v) is 4.45. The fraction of sp³-hybridized carbons (Fsp3) is 0.105. The molecule has 0 amide bonds. The summed E-state index contributed by atoms with van der Waals surface area (Å²) in [4.78, 5) is 12.0. The Morgan fingerprint density at radius 1 is 1.15 bits per heavy atom. The molecule has 5 rings (SSSR count). The van der Waals surface area contributed by atoms with Crippen LogP contribution < -0.4 is 15.8 Å². The molecule has 0 saturated carbocycles. The van der Waals surface area contributed by atoms with Gasteiger partial charge in [0.2, 0.25) is 0 Å². The maximum Gasteiger partial charge on any atom is 0.301 e. The van der Waals surface area contributed by atoms with Gasteiger partial charge in [0, 0.05) is 18.3 Å². The zero-order valence-corrected chi connectivity index (χ0v) is 14.4. The fourth-order valence-electron chi connectivity index (χ4n) is 3.16. The van der Waals surface area contributed by atoms with Crippen LogP contribution in [0.3, 0.4) is 0 Å². The molecule has 8 heteroatoms. The van der Waals surface area contributed by atoms with Crippen molar-refractivity contribution in [2.24, 2.45) is 5.73 Å². The Labute approximate surface area is 154 Å². The van der Waals surface area contributed by atoms with Crippen LogP contribution in [0.15, 0.2) is 60.6 Å². The fourth-order valence-corrected chi connectivity index (χ4v) is 3.16. The summed E-state index contributed by atoms with van der Waals surface area (Å²) < 4.78 is 7.57. The van der Waals surface area contributed by atoms with Crippen molar-refractivity contribution in [2.45, 2.75) is 6.67 Å². The lowest BCUT2D eigenvalue weighted by Crippen LogP contribution is -2.23. The first-order chi connectivity index (χ1) is 13.3. The second-order valence-corrected chi connectivity index (χ2v) is 6.14. The van der Waals surface area contributed by atoms with Gasteiger partial charge in [-0.3, -0.25) is 4.98 Å². The highest BCUT2D eigenvalue weighted by atomic mass is 16.5. The van der Waals surface area contributed by atoms with E-state index in [0.717, 1.165) is 33.3 Å². The first kappa shape index (κ1) is 15.6. The average molecular weight is 359 g/mol. The first-order valence-electron chi connectivity index (χ1n) is 8.61. The van der Waals surface area contributed by atoms with E-state index in [1.165, 1.54) is 0 Å². The lowest BCUT2D eigenvalue weighted by molar-refractivity contribution is 0.362. The first-order valence-corrected chi connectivity index (χ1v) is 8.61. The maximum absolute atomic E-state index is 5.82. The Morgan fingerprint density at radius 2 is 2.07 bits per heavy atom. The molecule has 0 radical (unpaired) electrons. The lowest BCUT2D eigenvalue weighted by atomic mass is 10.1. The number of nitrogens with two attached hydrogens (primary N) is 1. The van der Waals surface area contributed by atoms with Gasteiger partial charge in [-0.05, 0) is 36.4 Å². The van der Waals surface area contributed by atoms with E-state index in [9.17, 15) is 0 Å². The Balaban J connectivity index is 1.44. The SMILES string of the molecule is NCn1nc(C2=CC=C(Oc3nc4ccccc4[nH]3)NC2)c2ncccc21. The second kappa shape index (κ2) is 6.26. The predicted octanol–water partition coefficient (Wildman–Crippen LogP) is 2.13. The number of imidazole rings is 1. The molecule has 8 nitrogen and oxygen atoms in total. The highest BCUT2D eigenvalue weighted by Gasteiger charge is 2.17. The van der Waals surface area contributed by atoms with Gasteiger partial charge in [-0.25, -0.2) is 4.68 Å². The van der Waals surface area contributed by atoms with Crippen molar-refractivity contribution in [3.05, 3.63) is 66.3 Å². The molecule has 4 N–H and O–H groups in total. The molecule has 0 fully saturated rings. The summed E-state index contributed by atoms with van der Waals surface area (Å²) in [6.07, 6.45) is 5.60. The van der Waals surface area contributed by atoms with Crippen molar-refractivity contribution >= 4 is 27.6 Å². The van der Waals surface area contributed by atoms with Gasteiger partial charge in [-0.15, -0.1) is 0 Å². The van der Waals surface area contributed by atoms with Crippen LogP contribution in [0.1, 0.15) is 5.69 Å². The Kier molecular flexibility index (Phi) is 3.61. The summed E-state index contributed by atoms with van der Waals surface area (Å²) in [6, 6.07) is 12.1. The smallest absolute Gasteiger partial charge is 0.301 e. The maximum atomic E-state index is 5.82. The molecule has 0 aliphatic carbocycles. The van der Waals surface area contributed by atoms with Crippen molar-refractivity contribution < 1.29 is 4.74 Å². The molecule has 1 aliphatic rings. The minimum Gasteiger partial charge on any atom is -0.409 e. The number of ether oxygens (including phenoxy) is 1. The summed E-state index contributed by atoms with van der Waals surface area (Å²) in [5, 5.41) is 7.86. The molecule has 4 aromatic rings. The van der Waals surface area contributed by atoms with E-state index >= 15 is 0 Å². The zero-order valence-electron chi connectivity index (χ0n) is 14.4. The molecule has 0 atom stereocenters. The Hall–Kier alpha value is -3.65. The molecule has 134 valence electrons. The topological polar surface area (TPSA) is 107 Å². The van der Waals surface area contributed by atoms with Crippen LogP contribution in [0.25, 0.3) is 27.6 Å². The average Bonchev–Trinajstić information content (AvgIpc) is 3.29. The Bertz CT molecular complexity index is 1170. The number of pyridine rings is 1. The van der Waals surface area contributed by atoms with Gasteiger partial charge in [0.05, 0.1) is 23.2 Å². The van der Waals surface area contributed by atoms with Crippen molar-refractivity contribution in [2.75, 3.05) is 6.54 Å². The van der Waals surface area contributed by atoms with Crippen LogP contribution in [0.5, 0.6) is 6.01 Å². The standard InChI is InChI=1S/C19H17N7O/c20-11-26-15-6-3-9-21-18(15)17(25-26)12-7-8-16(22-10-12)27-19-23-13-4-1-2-5-14(13)24-19/h1-9,22H,10-11,20H2,(H,23,24). The van der Waals surface area contributed by atoms with E-state index < -0.39 is 0 Å². The van der Waals surface area contributed by atoms with Gasteiger partial charge >= 0.3 is 6.01 Å². The highest BCUT2D eigenvalue weighted by molar-refractivity contribution is 5.88. The number of hydrogen-bond acceptors (Lipinski definition) is 6. The number of dihydropyridines is 1. The summed E-state index contributed by atoms with van der Waals surface area (Å²) in [5.41, 5.74) is 11.2. The number of nitrogens with zero attached hydrogens (tertiary/aromatic N) is 4. The highest BCUT2D eigenvalue weighted by Crippen LogP contribution is 2.24. The number of hydrogen-bond donors (Lipinski definition) is 3. The number of H-pyrrole nitrogens is 1. The van der Waals surface area contributed by atoms with E-state index in [4.69, 9.17) is 10.5 Å². The number of aromatic nitrogens is 5. The van der Waals surface area contributed by atoms with Gasteiger partial charge in [0.25, 0.3) is 0 Å². The lowest BCUT2D eigenvalue weighted by Gasteiger charge is -2.15. The molecule has 0 saturated heterocycles. The number of aromatic amines is 1. The summed E-state index contributed by atoms with van der Waals surface area (Å²) >= 11 is 0. The molecule has 0 bridgehead atoms. The summed E-state index contributed by atoms with van der Waals surface area (Å²) in [5.74, 6) is 0.619. The summed E-state index contributed by atoms with van der Waals surface area (Å²) in [6.45, 7) is 0.873. The van der Waals surface area contributed by atoms with Crippen LogP contribution >= 0.6 is 0 Å². The van der Waals surface area contributed by atoms with Gasteiger partial charge in [-0.2, -0.15) is 10.1 Å². The van der Waals surface area contributed by atoms with E-state index in [0.29, 0.717) is 25.1 Å². The number of rotatable bonds is 4. The van der Waals surface area contributed by atoms with Crippen LogP contribution in [-0.4, -0.2) is 31.3 Å². The van der Waals surface area contributed by atoms with E-state index in [2.05, 4.69) is 25.4 Å². The number of para-hydroxylation sites is 2. The van der Waals surface area contributed by atoms with Gasteiger partial charge < -0.3 is 20.8 Å². The molecule has 3 aromatic heterocycles. The van der Waals surface area contributed by atoms with Crippen molar-refractivity contribution in [3.8, 4) is 6.01 Å². The van der Waals surface area contributed by atoms with Crippen molar-refractivity contribution in [1.29, 1.82) is 0 Å². The third-order valence-electron chi connectivity index (χ3n) is 4.45. The normalized spacial score (nSPS) is 14.1. The molecule has 4 heterocycles. The van der Waals surface area contributed by atoms with Crippen LogP contribution in [0.2, 0.25) is 0 Å². The molecular formula is C19H17N7O. The number of fused-ring (bicyclic) bond motifs is 2. The van der Waals surface area contributed by atoms with Crippen LogP contribution in [0.4, 0.5) is 0 Å². The van der Waals surface area contributed by atoms with E-state index in [-0.39, 0.29) is 0 Å². The molecular weight excluding hydrogens is 342 g/mol. The minimum atomic E-state index is 0.305. The largest absolute Gasteiger partial charge is 0.409 e. The molecule has 0 spiro atoms. The van der Waals surface area contributed by atoms with E-state index in [1.54, 1.807) is 10.9 Å². The molecule has 1 aromatic carbocycles. The van der Waals surface area contributed by atoms with Gasteiger partial charge in [-0.1, -0.05) is 12.1 Å². The van der Waals surface area contributed by atoms with E-state index in [1.807, 2.05) is 48.6 Å². The van der Waals surface area contributed by atoms with Gasteiger partial charge in [0.1, 0.15) is 11.2 Å². The molecule has 27 heavy (non-hydrogen) atoms. The van der Waals surface area contributed by atoms with Crippen molar-refractivity contribution in [3.63, 3.8) is 0 Å². The summed E-state index contributed by atoms with van der Waals surface area (Å²) in [7, 11) is 0. The predicted molar refractivity (Wildman–Crippen MR) is 102 cm³/mol. The zero-order chi connectivity index (χ0) is 18.2. The van der Waals surface area contributed by atoms with Crippen molar-refractivity contribution in [1.82, 2.24) is 30.0 Å². The third kappa shape index (κ3) is 2.72. The molecule has 1 aliphatic heterocycles. The second-order valence-electron chi connectivity index (χ2n) is 6.14.